The Balaban J connectivity index is 2.14. The van der Waals surface area contributed by atoms with E-state index >= 15 is 0 Å². The molecule has 1 saturated carbocycles. The van der Waals surface area contributed by atoms with Gasteiger partial charge in [0, 0.05) is 0 Å². The van der Waals surface area contributed by atoms with Gasteiger partial charge in [0.2, 0.25) is 5.88 Å². The Morgan fingerprint density at radius 3 is 2.94 bits per heavy atom. The molecule has 0 aromatic carbocycles. The molecule has 0 saturated heterocycles. The number of rotatable bonds is 3. The van der Waals surface area contributed by atoms with Crippen LogP contribution in [0, 0.1) is 11.3 Å². The van der Waals surface area contributed by atoms with Crippen LogP contribution in [0.2, 0.25) is 0 Å². The highest BCUT2D eigenvalue weighted by molar-refractivity contribution is 5.96. The van der Waals surface area contributed by atoms with Gasteiger partial charge in [-0.2, -0.15) is 5.10 Å². The fourth-order valence-electron chi connectivity index (χ4n) is 2.21. The van der Waals surface area contributed by atoms with E-state index in [1.54, 1.807) is 6.07 Å². The number of hydrogen-bond donors (Lipinski definition) is 2. The highest BCUT2D eigenvalue weighted by atomic mass is 16.5. The zero-order valence-electron chi connectivity index (χ0n) is 10.0. The topological polar surface area (TPSA) is 84.9 Å². The molecule has 1 aromatic heterocycles. The van der Waals surface area contributed by atoms with E-state index in [1.165, 1.54) is 25.5 Å². The van der Waals surface area contributed by atoms with Crippen LogP contribution in [-0.2, 0) is 0 Å². The maximum Gasteiger partial charge on any atom is 0.244 e. The third-order valence-corrected chi connectivity index (χ3v) is 3.27. The van der Waals surface area contributed by atoms with E-state index in [2.05, 4.69) is 17.1 Å². The lowest BCUT2D eigenvalue weighted by Crippen LogP contribution is -2.29. The first-order valence-electron chi connectivity index (χ1n) is 6.01. The van der Waals surface area contributed by atoms with Crippen molar-refractivity contribution < 1.29 is 4.74 Å². The van der Waals surface area contributed by atoms with Crippen LogP contribution in [0.5, 0.6) is 5.88 Å². The molecule has 17 heavy (non-hydrogen) atoms. The molecule has 0 radical (unpaired) electrons. The predicted molar refractivity (Wildman–Crippen MR) is 65.1 cm³/mol. The van der Waals surface area contributed by atoms with Crippen LogP contribution >= 0.6 is 0 Å². The molecule has 0 aliphatic heterocycles. The minimum Gasteiger partial charge on any atom is -0.472 e. The summed E-state index contributed by atoms with van der Waals surface area (Å²) in [4.78, 5) is 0. The van der Waals surface area contributed by atoms with E-state index in [0.29, 0.717) is 17.4 Å². The second kappa shape index (κ2) is 5.12. The number of ether oxygens (including phenoxy) is 1. The van der Waals surface area contributed by atoms with Gasteiger partial charge < -0.3 is 10.5 Å². The van der Waals surface area contributed by atoms with Gasteiger partial charge in [-0.25, -0.2) is 0 Å². The summed E-state index contributed by atoms with van der Waals surface area (Å²) in [6, 6.07) is 1.66. The van der Waals surface area contributed by atoms with Crippen LogP contribution < -0.4 is 10.5 Å². The lowest BCUT2D eigenvalue weighted by molar-refractivity contribution is 0.0962. The first kappa shape index (κ1) is 11.8. The standard InChI is InChI=1S/C12H18N4O/c1-8-4-2-3-5-10(8)17-12-9(11(13)14)6-7-15-16-12/h6-8,10H,2-5H2,1H3,(H3,13,14). The van der Waals surface area contributed by atoms with E-state index in [0.717, 1.165) is 6.42 Å². The first-order chi connectivity index (χ1) is 8.18. The molecular weight excluding hydrogens is 216 g/mol. The van der Waals surface area contributed by atoms with Gasteiger partial charge in [-0.15, -0.1) is 5.10 Å². The van der Waals surface area contributed by atoms with Crippen molar-refractivity contribution in [3.63, 3.8) is 0 Å². The van der Waals surface area contributed by atoms with Crippen molar-refractivity contribution in [2.75, 3.05) is 0 Å². The summed E-state index contributed by atoms with van der Waals surface area (Å²) in [7, 11) is 0. The fraction of sp³-hybridized carbons (Fsp3) is 0.583. The smallest absolute Gasteiger partial charge is 0.244 e. The van der Waals surface area contributed by atoms with Gasteiger partial charge in [-0.3, -0.25) is 5.41 Å². The van der Waals surface area contributed by atoms with Crippen molar-refractivity contribution in [1.29, 1.82) is 5.41 Å². The minimum atomic E-state index is -0.0293. The lowest BCUT2D eigenvalue weighted by atomic mass is 9.88. The molecule has 5 heteroatoms. The average Bonchev–Trinajstić information content (AvgIpc) is 2.32. The fourth-order valence-corrected chi connectivity index (χ4v) is 2.21. The number of aromatic nitrogens is 2. The van der Waals surface area contributed by atoms with Gasteiger partial charge in [-0.1, -0.05) is 13.3 Å². The lowest BCUT2D eigenvalue weighted by Gasteiger charge is -2.29. The summed E-state index contributed by atoms with van der Waals surface area (Å²) in [5, 5.41) is 15.2. The Morgan fingerprint density at radius 1 is 1.47 bits per heavy atom. The second-order valence-electron chi connectivity index (χ2n) is 4.58. The van der Waals surface area contributed by atoms with E-state index < -0.39 is 0 Å². The Kier molecular flexibility index (Phi) is 3.56. The number of nitrogens with one attached hydrogen (secondary N) is 1. The van der Waals surface area contributed by atoms with Crippen LogP contribution in [0.15, 0.2) is 12.3 Å². The van der Waals surface area contributed by atoms with Crippen molar-refractivity contribution in [3.05, 3.63) is 17.8 Å². The number of nitrogen functional groups attached to an aromatic ring is 1. The van der Waals surface area contributed by atoms with Crippen molar-refractivity contribution in [2.24, 2.45) is 11.7 Å². The molecule has 0 amide bonds. The zero-order valence-corrected chi connectivity index (χ0v) is 10.0. The molecular formula is C12H18N4O. The molecule has 2 unspecified atom stereocenters. The molecule has 0 bridgehead atoms. The van der Waals surface area contributed by atoms with Crippen molar-refractivity contribution in [3.8, 4) is 5.88 Å². The average molecular weight is 234 g/mol. The first-order valence-corrected chi connectivity index (χ1v) is 6.01. The molecule has 1 fully saturated rings. The van der Waals surface area contributed by atoms with E-state index in [1.807, 2.05) is 0 Å². The van der Waals surface area contributed by atoms with Crippen molar-refractivity contribution in [2.45, 2.75) is 38.7 Å². The molecule has 3 N–H and O–H groups in total. The van der Waals surface area contributed by atoms with Crippen molar-refractivity contribution >= 4 is 5.84 Å². The minimum absolute atomic E-state index is 0.0293. The largest absolute Gasteiger partial charge is 0.472 e. The number of nitrogens with zero attached hydrogens (tertiary/aromatic N) is 2. The molecule has 1 heterocycles. The molecule has 0 spiro atoms. The highest BCUT2D eigenvalue weighted by Crippen LogP contribution is 2.28. The third-order valence-electron chi connectivity index (χ3n) is 3.27. The van der Waals surface area contributed by atoms with Crippen LogP contribution in [0.4, 0.5) is 0 Å². The Morgan fingerprint density at radius 2 is 2.24 bits per heavy atom. The molecule has 2 atom stereocenters. The highest BCUT2D eigenvalue weighted by Gasteiger charge is 2.24. The SMILES string of the molecule is CC1CCCCC1Oc1nnccc1C(=N)N. The monoisotopic (exact) mass is 234 g/mol. The normalized spacial score (nSPS) is 24.3. The van der Waals surface area contributed by atoms with Crippen LogP contribution in [-0.4, -0.2) is 22.1 Å². The Labute approximate surface area is 101 Å². The van der Waals surface area contributed by atoms with Crippen LogP contribution in [0.1, 0.15) is 38.2 Å². The summed E-state index contributed by atoms with van der Waals surface area (Å²) < 4.78 is 5.87. The molecule has 1 aliphatic rings. The molecule has 1 aliphatic carbocycles. The van der Waals surface area contributed by atoms with Gasteiger partial charge in [0.25, 0.3) is 0 Å². The third kappa shape index (κ3) is 2.72. The van der Waals surface area contributed by atoms with Gasteiger partial charge >= 0.3 is 0 Å². The Hall–Kier alpha value is -1.65. The number of hydrogen-bond acceptors (Lipinski definition) is 4. The maximum atomic E-state index is 7.47. The van der Waals surface area contributed by atoms with E-state index in [9.17, 15) is 0 Å². The maximum absolute atomic E-state index is 7.47. The summed E-state index contributed by atoms with van der Waals surface area (Å²) in [6.45, 7) is 2.19. The van der Waals surface area contributed by atoms with Crippen LogP contribution in [0.25, 0.3) is 0 Å². The zero-order chi connectivity index (χ0) is 12.3. The molecule has 2 rings (SSSR count). The van der Waals surface area contributed by atoms with Gasteiger partial charge in [0.05, 0.1) is 11.8 Å². The van der Waals surface area contributed by atoms with Crippen LogP contribution in [0.3, 0.4) is 0 Å². The molecule has 5 nitrogen and oxygen atoms in total. The quantitative estimate of drug-likeness (QED) is 0.616. The Bertz CT molecular complexity index is 407. The van der Waals surface area contributed by atoms with Gasteiger partial charge in [-0.05, 0) is 31.2 Å². The summed E-state index contributed by atoms with van der Waals surface area (Å²) in [5.74, 6) is 0.877. The summed E-state index contributed by atoms with van der Waals surface area (Å²) >= 11 is 0. The predicted octanol–water partition coefficient (Wildman–Crippen LogP) is 1.72. The van der Waals surface area contributed by atoms with E-state index in [-0.39, 0.29) is 11.9 Å². The number of nitrogens with two attached hydrogens (primary N) is 1. The van der Waals surface area contributed by atoms with Gasteiger partial charge in [0.1, 0.15) is 11.9 Å². The summed E-state index contributed by atoms with van der Waals surface area (Å²) in [6.07, 6.45) is 6.35. The number of amidine groups is 1. The molecule has 92 valence electrons. The second-order valence-corrected chi connectivity index (χ2v) is 4.58. The summed E-state index contributed by atoms with van der Waals surface area (Å²) in [5.41, 5.74) is 6.02. The molecule has 1 aromatic rings. The van der Waals surface area contributed by atoms with Gasteiger partial charge in [0.15, 0.2) is 0 Å². The van der Waals surface area contributed by atoms with Crippen molar-refractivity contribution in [1.82, 2.24) is 10.2 Å². The van der Waals surface area contributed by atoms with E-state index in [4.69, 9.17) is 15.9 Å².